The van der Waals surface area contributed by atoms with Gasteiger partial charge in [0.2, 0.25) is 0 Å². The molecule has 29 heavy (non-hydrogen) atoms. The maximum absolute atomic E-state index is 12.4. The van der Waals surface area contributed by atoms with E-state index in [0.29, 0.717) is 30.1 Å². The highest BCUT2D eigenvalue weighted by molar-refractivity contribution is 7.14. The molecule has 4 aromatic rings. The molecule has 0 aliphatic rings. The second-order valence-corrected chi connectivity index (χ2v) is 7.83. The molecule has 2 N–H and O–H groups in total. The second-order valence-electron chi connectivity index (χ2n) is 6.20. The zero-order valence-corrected chi connectivity index (χ0v) is 16.9. The third-order valence-electron chi connectivity index (χ3n) is 4.15. The number of carbonyl (C=O) groups excluding carboxylic acids is 2. The standard InChI is InChI=1S/C21H17N3O3S2/c25-19(23-11-17-5-2-7-27-17)15-4-1-3-14(9-15)10-22-20(26)18-13-29-21(24-18)16-6-8-28-12-16/h1-9,12-13H,10-11H2,(H,22,26)(H,23,25). The summed E-state index contributed by atoms with van der Waals surface area (Å²) in [5.41, 5.74) is 2.77. The van der Waals surface area contributed by atoms with Crippen molar-refractivity contribution in [2.45, 2.75) is 13.1 Å². The van der Waals surface area contributed by atoms with Crippen molar-refractivity contribution in [1.82, 2.24) is 15.6 Å². The third kappa shape index (κ3) is 4.79. The summed E-state index contributed by atoms with van der Waals surface area (Å²) in [6.07, 6.45) is 1.57. The summed E-state index contributed by atoms with van der Waals surface area (Å²) >= 11 is 3.04. The van der Waals surface area contributed by atoms with Crippen molar-refractivity contribution >= 4 is 34.5 Å². The van der Waals surface area contributed by atoms with Gasteiger partial charge in [-0.1, -0.05) is 12.1 Å². The lowest BCUT2D eigenvalue weighted by atomic mass is 10.1. The quantitative estimate of drug-likeness (QED) is 0.464. The van der Waals surface area contributed by atoms with Crippen LogP contribution >= 0.6 is 22.7 Å². The average molecular weight is 424 g/mol. The zero-order valence-electron chi connectivity index (χ0n) is 15.3. The van der Waals surface area contributed by atoms with Crippen molar-refractivity contribution < 1.29 is 14.0 Å². The molecule has 0 unspecified atom stereocenters. The summed E-state index contributed by atoms with van der Waals surface area (Å²) in [7, 11) is 0. The molecule has 0 radical (unpaired) electrons. The van der Waals surface area contributed by atoms with E-state index in [4.69, 9.17) is 4.42 Å². The number of carbonyl (C=O) groups is 2. The maximum Gasteiger partial charge on any atom is 0.271 e. The van der Waals surface area contributed by atoms with E-state index in [0.717, 1.165) is 16.1 Å². The molecule has 0 saturated heterocycles. The van der Waals surface area contributed by atoms with E-state index in [2.05, 4.69) is 15.6 Å². The van der Waals surface area contributed by atoms with Crippen molar-refractivity contribution in [2.24, 2.45) is 0 Å². The van der Waals surface area contributed by atoms with Gasteiger partial charge in [0.15, 0.2) is 0 Å². The van der Waals surface area contributed by atoms with Crippen LogP contribution in [0, 0.1) is 0 Å². The molecule has 0 atom stereocenters. The molecule has 2 amide bonds. The van der Waals surface area contributed by atoms with Gasteiger partial charge in [0.05, 0.1) is 12.8 Å². The predicted octanol–water partition coefficient (Wildman–Crippen LogP) is 4.32. The molecule has 3 heterocycles. The molecule has 0 spiro atoms. The van der Waals surface area contributed by atoms with Crippen LogP contribution in [0.2, 0.25) is 0 Å². The van der Waals surface area contributed by atoms with Crippen LogP contribution in [0.5, 0.6) is 0 Å². The van der Waals surface area contributed by atoms with E-state index in [1.165, 1.54) is 11.3 Å². The molecule has 6 nitrogen and oxygen atoms in total. The van der Waals surface area contributed by atoms with E-state index in [-0.39, 0.29) is 11.8 Å². The van der Waals surface area contributed by atoms with Crippen LogP contribution in [0.3, 0.4) is 0 Å². The van der Waals surface area contributed by atoms with Crippen molar-refractivity contribution in [3.63, 3.8) is 0 Å². The van der Waals surface area contributed by atoms with Gasteiger partial charge in [-0.05, 0) is 41.3 Å². The minimum Gasteiger partial charge on any atom is -0.467 e. The van der Waals surface area contributed by atoms with Crippen LogP contribution in [0.4, 0.5) is 0 Å². The first-order chi connectivity index (χ1) is 14.2. The summed E-state index contributed by atoms with van der Waals surface area (Å²) in [6, 6.07) is 12.7. The van der Waals surface area contributed by atoms with Crippen LogP contribution in [-0.4, -0.2) is 16.8 Å². The Morgan fingerprint density at radius 2 is 1.90 bits per heavy atom. The SMILES string of the molecule is O=C(NCc1ccco1)c1cccc(CNC(=O)c2csc(-c3ccsc3)n2)c1. The molecule has 146 valence electrons. The van der Waals surface area contributed by atoms with E-state index in [1.807, 2.05) is 22.9 Å². The Morgan fingerprint density at radius 1 is 1.00 bits per heavy atom. The predicted molar refractivity (Wildman–Crippen MR) is 113 cm³/mol. The molecule has 1 aromatic carbocycles. The molecule has 0 saturated carbocycles. The number of benzene rings is 1. The van der Waals surface area contributed by atoms with Gasteiger partial charge >= 0.3 is 0 Å². The third-order valence-corrected chi connectivity index (χ3v) is 5.73. The monoisotopic (exact) mass is 423 g/mol. The van der Waals surface area contributed by atoms with Gasteiger partial charge in [0.25, 0.3) is 11.8 Å². The molecule has 0 aliphatic heterocycles. The van der Waals surface area contributed by atoms with Gasteiger partial charge in [-0.2, -0.15) is 11.3 Å². The van der Waals surface area contributed by atoms with Gasteiger partial charge in [-0.25, -0.2) is 4.98 Å². The molecule has 0 aliphatic carbocycles. The van der Waals surface area contributed by atoms with Crippen LogP contribution in [0.15, 0.2) is 69.3 Å². The first kappa shape index (κ1) is 19.1. The van der Waals surface area contributed by atoms with Crippen molar-refractivity contribution in [3.8, 4) is 10.6 Å². The lowest BCUT2D eigenvalue weighted by molar-refractivity contribution is 0.0941. The summed E-state index contributed by atoms with van der Waals surface area (Å²) in [5, 5.41) is 12.2. The van der Waals surface area contributed by atoms with E-state index < -0.39 is 0 Å². The number of aromatic nitrogens is 1. The summed E-state index contributed by atoms with van der Waals surface area (Å²) in [6.45, 7) is 0.631. The summed E-state index contributed by atoms with van der Waals surface area (Å²) < 4.78 is 5.21. The number of nitrogens with one attached hydrogen (secondary N) is 2. The molecule has 8 heteroatoms. The molecular weight excluding hydrogens is 406 g/mol. The Bertz CT molecular complexity index is 1100. The smallest absolute Gasteiger partial charge is 0.271 e. The fourth-order valence-corrected chi connectivity index (χ4v) is 4.19. The van der Waals surface area contributed by atoms with Gasteiger partial charge in [-0.3, -0.25) is 9.59 Å². The summed E-state index contributed by atoms with van der Waals surface area (Å²) in [4.78, 5) is 29.1. The topological polar surface area (TPSA) is 84.2 Å². The Balaban J connectivity index is 1.34. The van der Waals surface area contributed by atoms with Crippen LogP contribution in [-0.2, 0) is 13.1 Å². The molecule has 0 bridgehead atoms. The summed E-state index contributed by atoms with van der Waals surface area (Å²) in [5.74, 6) is 0.247. The minimum atomic E-state index is -0.240. The van der Waals surface area contributed by atoms with E-state index in [1.54, 1.807) is 53.3 Å². The Labute approximate surface area is 175 Å². The van der Waals surface area contributed by atoms with Crippen LogP contribution in [0.25, 0.3) is 10.6 Å². The Hall–Kier alpha value is -3.23. The van der Waals surface area contributed by atoms with Crippen molar-refractivity contribution in [3.05, 3.63) is 87.4 Å². The molecular formula is C21H17N3O3S2. The normalized spacial score (nSPS) is 10.6. The number of furan rings is 1. The first-order valence-electron chi connectivity index (χ1n) is 8.85. The zero-order chi connectivity index (χ0) is 20.1. The lowest BCUT2D eigenvalue weighted by Crippen LogP contribution is -2.24. The highest BCUT2D eigenvalue weighted by Crippen LogP contribution is 2.25. The molecule has 3 aromatic heterocycles. The number of rotatable bonds is 7. The first-order valence-corrected chi connectivity index (χ1v) is 10.7. The van der Waals surface area contributed by atoms with E-state index >= 15 is 0 Å². The number of thiophene rings is 1. The highest BCUT2D eigenvalue weighted by Gasteiger charge is 2.12. The van der Waals surface area contributed by atoms with Gasteiger partial charge in [0.1, 0.15) is 16.5 Å². The Kier molecular flexibility index (Phi) is 5.83. The number of thiazole rings is 1. The number of nitrogens with zero attached hydrogens (tertiary/aromatic N) is 1. The molecule has 0 fully saturated rings. The van der Waals surface area contributed by atoms with Crippen LogP contribution in [0.1, 0.15) is 32.2 Å². The fraction of sp³-hybridized carbons (Fsp3) is 0.0952. The van der Waals surface area contributed by atoms with E-state index in [9.17, 15) is 9.59 Å². The number of hydrogen-bond acceptors (Lipinski definition) is 6. The number of hydrogen-bond donors (Lipinski definition) is 2. The number of amides is 2. The average Bonchev–Trinajstić information content (AvgIpc) is 3.51. The Morgan fingerprint density at radius 3 is 2.69 bits per heavy atom. The van der Waals surface area contributed by atoms with Crippen molar-refractivity contribution in [2.75, 3.05) is 0 Å². The second kappa shape index (κ2) is 8.85. The minimum absolute atomic E-state index is 0.200. The van der Waals surface area contributed by atoms with Crippen molar-refractivity contribution in [1.29, 1.82) is 0 Å². The van der Waals surface area contributed by atoms with Gasteiger partial charge in [-0.15, -0.1) is 11.3 Å². The fourth-order valence-electron chi connectivity index (χ4n) is 2.67. The van der Waals surface area contributed by atoms with Gasteiger partial charge < -0.3 is 15.1 Å². The van der Waals surface area contributed by atoms with Crippen LogP contribution < -0.4 is 10.6 Å². The molecule has 4 rings (SSSR count). The van der Waals surface area contributed by atoms with Gasteiger partial charge in [0, 0.05) is 28.4 Å². The maximum atomic E-state index is 12.4. The largest absolute Gasteiger partial charge is 0.467 e. The lowest BCUT2D eigenvalue weighted by Gasteiger charge is -2.07. The highest BCUT2D eigenvalue weighted by atomic mass is 32.1.